The SMILES string of the molecule is CCOC1CC(N)(C(=O)Nc2nc(-c3ccc(C)cc3)cs2)C1(C)C. The second kappa shape index (κ2) is 6.52. The molecule has 0 saturated heterocycles. The number of anilines is 1. The molecule has 1 aliphatic rings. The first-order valence-corrected chi connectivity index (χ1v) is 9.40. The molecule has 0 aliphatic heterocycles. The predicted octanol–water partition coefficient (Wildman–Crippen LogP) is 3.59. The largest absolute Gasteiger partial charge is 0.378 e. The van der Waals surface area contributed by atoms with Crippen molar-refractivity contribution in [3.63, 3.8) is 0 Å². The van der Waals surface area contributed by atoms with Gasteiger partial charge >= 0.3 is 0 Å². The van der Waals surface area contributed by atoms with Crippen molar-refractivity contribution in [1.29, 1.82) is 0 Å². The molecule has 2 atom stereocenters. The molecule has 1 saturated carbocycles. The number of ether oxygens (including phenoxy) is 1. The van der Waals surface area contributed by atoms with Gasteiger partial charge in [-0.05, 0) is 13.8 Å². The third-order valence-corrected chi connectivity index (χ3v) is 6.06. The van der Waals surface area contributed by atoms with Crippen LogP contribution in [-0.2, 0) is 9.53 Å². The molecule has 3 N–H and O–H groups in total. The lowest BCUT2D eigenvalue weighted by Gasteiger charge is -2.57. The van der Waals surface area contributed by atoms with Crippen molar-refractivity contribution in [2.75, 3.05) is 11.9 Å². The number of hydrogen-bond acceptors (Lipinski definition) is 5. The Hall–Kier alpha value is -1.76. The molecule has 0 spiro atoms. The van der Waals surface area contributed by atoms with Gasteiger partial charge in [0.1, 0.15) is 5.54 Å². The van der Waals surface area contributed by atoms with Gasteiger partial charge in [0, 0.05) is 29.4 Å². The van der Waals surface area contributed by atoms with Crippen molar-refractivity contribution in [1.82, 2.24) is 4.98 Å². The van der Waals surface area contributed by atoms with E-state index in [-0.39, 0.29) is 12.0 Å². The van der Waals surface area contributed by atoms with E-state index in [1.807, 2.05) is 57.3 Å². The normalized spacial score (nSPS) is 24.6. The lowest BCUT2D eigenvalue weighted by Crippen LogP contribution is -2.74. The molecular formula is C19H25N3O2S. The Labute approximate surface area is 152 Å². The van der Waals surface area contributed by atoms with Crippen molar-refractivity contribution in [3.05, 3.63) is 35.2 Å². The number of aryl methyl sites for hydroxylation is 1. The molecule has 1 aromatic carbocycles. The summed E-state index contributed by atoms with van der Waals surface area (Å²) in [6.45, 7) is 8.59. The number of carbonyl (C=O) groups is 1. The highest BCUT2D eigenvalue weighted by molar-refractivity contribution is 7.14. The highest BCUT2D eigenvalue weighted by Gasteiger charge is 2.63. The molecule has 6 heteroatoms. The van der Waals surface area contributed by atoms with E-state index < -0.39 is 11.0 Å². The van der Waals surface area contributed by atoms with Crippen molar-refractivity contribution < 1.29 is 9.53 Å². The lowest BCUT2D eigenvalue weighted by atomic mass is 9.54. The summed E-state index contributed by atoms with van der Waals surface area (Å²) < 4.78 is 5.69. The molecule has 134 valence electrons. The summed E-state index contributed by atoms with van der Waals surface area (Å²) >= 11 is 1.41. The van der Waals surface area contributed by atoms with Gasteiger partial charge in [-0.2, -0.15) is 0 Å². The van der Waals surface area contributed by atoms with E-state index in [2.05, 4.69) is 10.3 Å². The Kier molecular flexibility index (Phi) is 4.70. The van der Waals surface area contributed by atoms with Gasteiger partial charge in [-0.1, -0.05) is 43.7 Å². The Balaban J connectivity index is 1.71. The summed E-state index contributed by atoms with van der Waals surface area (Å²) in [7, 11) is 0. The third kappa shape index (κ3) is 3.10. The first kappa shape index (κ1) is 18.0. The number of amides is 1. The minimum absolute atomic E-state index is 0.00710. The zero-order chi connectivity index (χ0) is 18.2. The van der Waals surface area contributed by atoms with Crippen LogP contribution in [-0.4, -0.2) is 29.1 Å². The monoisotopic (exact) mass is 359 g/mol. The molecule has 1 aliphatic carbocycles. The summed E-state index contributed by atoms with van der Waals surface area (Å²) in [4.78, 5) is 17.3. The van der Waals surface area contributed by atoms with E-state index in [0.717, 1.165) is 11.3 Å². The molecule has 3 rings (SSSR count). The van der Waals surface area contributed by atoms with Crippen molar-refractivity contribution in [2.45, 2.75) is 45.8 Å². The maximum atomic E-state index is 12.7. The van der Waals surface area contributed by atoms with E-state index in [9.17, 15) is 4.79 Å². The van der Waals surface area contributed by atoms with Crippen LogP contribution in [0.1, 0.15) is 32.8 Å². The summed E-state index contributed by atoms with van der Waals surface area (Å²) in [5.41, 5.74) is 8.15. The van der Waals surface area contributed by atoms with Crippen LogP contribution in [0.25, 0.3) is 11.3 Å². The zero-order valence-electron chi connectivity index (χ0n) is 15.1. The molecule has 1 aromatic heterocycles. The predicted molar refractivity (Wildman–Crippen MR) is 102 cm³/mol. The van der Waals surface area contributed by atoms with Crippen LogP contribution >= 0.6 is 11.3 Å². The smallest absolute Gasteiger partial charge is 0.246 e. The molecule has 0 radical (unpaired) electrons. The lowest BCUT2D eigenvalue weighted by molar-refractivity contribution is -0.166. The van der Waals surface area contributed by atoms with Crippen molar-refractivity contribution in [2.24, 2.45) is 11.1 Å². The Morgan fingerprint density at radius 1 is 1.40 bits per heavy atom. The fraction of sp³-hybridized carbons (Fsp3) is 0.474. The van der Waals surface area contributed by atoms with Gasteiger partial charge in [-0.25, -0.2) is 4.98 Å². The maximum Gasteiger partial charge on any atom is 0.246 e. The molecule has 5 nitrogen and oxygen atoms in total. The van der Waals surface area contributed by atoms with E-state index >= 15 is 0 Å². The van der Waals surface area contributed by atoms with Crippen molar-refractivity contribution >= 4 is 22.4 Å². The number of nitrogens with zero attached hydrogens (tertiary/aromatic N) is 1. The number of nitrogens with two attached hydrogens (primary N) is 1. The first-order chi connectivity index (χ1) is 11.8. The van der Waals surface area contributed by atoms with Gasteiger partial charge in [0.05, 0.1) is 11.8 Å². The van der Waals surface area contributed by atoms with E-state index in [1.165, 1.54) is 16.9 Å². The Bertz CT molecular complexity index is 769. The molecule has 25 heavy (non-hydrogen) atoms. The molecular weight excluding hydrogens is 334 g/mol. The minimum Gasteiger partial charge on any atom is -0.378 e. The van der Waals surface area contributed by atoms with Gasteiger partial charge in [0.25, 0.3) is 0 Å². The van der Waals surface area contributed by atoms with E-state index in [0.29, 0.717) is 18.2 Å². The quantitative estimate of drug-likeness (QED) is 0.855. The fourth-order valence-corrected chi connectivity index (χ4v) is 3.93. The average molecular weight is 359 g/mol. The van der Waals surface area contributed by atoms with E-state index in [4.69, 9.17) is 10.5 Å². The van der Waals surface area contributed by atoms with Gasteiger partial charge in [-0.15, -0.1) is 11.3 Å². The maximum absolute atomic E-state index is 12.7. The minimum atomic E-state index is -0.942. The van der Waals surface area contributed by atoms with Crippen LogP contribution in [0, 0.1) is 12.3 Å². The number of aromatic nitrogens is 1. The van der Waals surface area contributed by atoms with Gasteiger partial charge in [-0.3, -0.25) is 4.79 Å². The molecule has 2 unspecified atom stereocenters. The molecule has 1 heterocycles. The molecule has 2 aromatic rings. The molecule has 1 amide bonds. The van der Waals surface area contributed by atoms with Crippen LogP contribution in [0.5, 0.6) is 0 Å². The van der Waals surface area contributed by atoms with Crippen LogP contribution in [0.15, 0.2) is 29.6 Å². The van der Waals surface area contributed by atoms with Crippen molar-refractivity contribution in [3.8, 4) is 11.3 Å². The highest BCUT2D eigenvalue weighted by atomic mass is 32.1. The first-order valence-electron chi connectivity index (χ1n) is 8.52. The number of thiazole rings is 1. The fourth-order valence-electron chi connectivity index (χ4n) is 3.22. The number of benzene rings is 1. The Morgan fingerprint density at radius 2 is 2.08 bits per heavy atom. The average Bonchev–Trinajstić information content (AvgIpc) is 3.03. The molecule has 1 fully saturated rings. The number of nitrogens with one attached hydrogen (secondary N) is 1. The standard InChI is InChI=1S/C19H25N3O2S/c1-5-24-15-10-19(20,18(15,3)4)16(23)22-17-21-14(11-25-17)13-8-6-12(2)7-9-13/h6-9,11,15H,5,10,20H2,1-4H3,(H,21,22,23). The van der Waals surface area contributed by atoms with E-state index in [1.54, 1.807) is 0 Å². The zero-order valence-corrected chi connectivity index (χ0v) is 15.9. The van der Waals surface area contributed by atoms with Gasteiger partial charge in [0.2, 0.25) is 5.91 Å². The Morgan fingerprint density at radius 3 is 2.68 bits per heavy atom. The second-order valence-electron chi connectivity index (χ2n) is 7.20. The van der Waals surface area contributed by atoms with Gasteiger partial charge < -0.3 is 15.8 Å². The van der Waals surface area contributed by atoms with Crippen LogP contribution < -0.4 is 11.1 Å². The highest BCUT2D eigenvalue weighted by Crippen LogP contribution is 2.50. The summed E-state index contributed by atoms with van der Waals surface area (Å²) in [5.74, 6) is -0.196. The summed E-state index contributed by atoms with van der Waals surface area (Å²) in [6, 6.07) is 8.16. The summed E-state index contributed by atoms with van der Waals surface area (Å²) in [6.07, 6.45) is 0.531. The number of rotatable bonds is 5. The van der Waals surface area contributed by atoms with Crippen LogP contribution in [0.3, 0.4) is 0 Å². The van der Waals surface area contributed by atoms with Crippen LogP contribution in [0.2, 0.25) is 0 Å². The summed E-state index contributed by atoms with van der Waals surface area (Å²) in [5, 5.41) is 5.41. The number of carbonyl (C=O) groups excluding carboxylic acids is 1. The van der Waals surface area contributed by atoms with Crippen LogP contribution in [0.4, 0.5) is 5.13 Å². The topological polar surface area (TPSA) is 77.2 Å². The molecule has 0 bridgehead atoms. The van der Waals surface area contributed by atoms with Gasteiger partial charge in [0.15, 0.2) is 5.13 Å². The number of hydrogen-bond donors (Lipinski definition) is 2. The second-order valence-corrected chi connectivity index (χ2v) is 8.06. The third-order valence-electron chi connectivity index (χ3n) is 5.31.